The SMILES string of the molecule is COc1ccc(/C=C\c2cc(OC)c(OC)c(OC)c2)cc1NC(=O)c1ccc(O)nc1. The summed E-state index contributed by atoms with van der Waals surface area (Å²) in [6, 6.07) is 11.9. The van der Waals surface area contributed by atoms with Crippen LogP contribution in [0.1, 0.15) is 21.5 Å². The summed E-state index contributed by atoms with van der Waals surface area (Å²) in [7, 11) is 6.20. The summed E-state index contributed by atoms with van der Waals surface area (Å²) < 4.78 is 21.5. The van der Waals surface area contributed by atoms with Gasteiger partial charge in [-0.1, -0.05) is 18.2 Å². The Labute approximate surface area is 186 Å². The molecule has 32 heavy (non-hydrogen) atoms. The average molecular weight is 436 g/mol. The predicted molar refractivity (Wildman–Crippen MR) is 122 cm³/mol. The minimum absolute atomic E-state index is 0.155. The number of aromatic hydroxyl groups is 1. The molecule has 3 rings (SSSR count). The standard InChI is InChI=1S/C24H24N2O6/c1-29-19-9-7-15(11-18(19)26-24(28)17-8-10-22(27)25-14-17)5-6-16-12-20(30-2)23(32-4)21(13-16)31-3/h5-14H,1-4H3,(H,25,27)(H,26,28)/b6-5-. The molecule has 0 atom stereocenters. The fraction of sp³-hybridized carbons (Fsp3) is 0.167. The Hall–Kier alpha value is -4.20. The van der Waals surface area contributed by atoms with Crippen molar-refractivity contribution in [1.29, 1.82) is 0 Å². The maximum Gasteiger partial charge on any atom is 0.257 e. The number of aromatic nitrogens is 1. The molecule has 2 aromatic carbocycles. The lowest BCUT2D eigenvalue weighted by molar-refractivity contribution is 0.102. The number of nitrogens with zero attached hydrogens (tertiary/aromatic N) is 1. The monoisotopic (exact) mass is 436 g/mol. The Balaban J connectivity index is 1.87. The van der Waals surface area contributed by atoms with Crippen molar-refractivity contribution in [3.05, 3.63) is 65.4 Å². The first kappa shape index (κ1) is 22.5. The summed E-state index contributed by atoms with van der Waals surface area (Å²) in [5, 5.41) is 12.1. The number of rotatable bonds is 8. The molecule has 8 nitrogen and oxygen atoms in total. The molecule has 0 aliphatic heterocycles. The number of benzene rings is 2. The highest BCUT2D eigenvalue weighted by molar-refractivity contribution is 6.05. The molecule has 2 N–H and O–H groups in total. The van der Waals surface area contributed by atoms with E-state index in [1.165, 1.54) is 25.4 Å². The summed E-state index contributed by atoms with van der Waals surface area (Å²) in [5.74, 6) is 1.60. The van der Waals surface area contributed by atoms with Crippen molar-refractivity contribution in [2.24, 2.45) is 0 Å². The molecule has 0 unspecified atom stereocenters. The summed E-state index contributed by atoms with van der Waals surface area (Å²) in [6.45, 7) is 0. The van der Waals surface area contributed by atoms with Crippen LogP contribution in [0.4, 0.5) is 5.69 Å². The fourth-order valence-corrected chi connectivity index (χ4v) is 3.03. The molecule has 3 aromatic rings. The first-order chi connectivity index (χ1) is 15.5. The van der Waals surface area contributed by atoms with E-state index in [2.05, 4.69) is 10.3 Å². The summed E-state index contributed by atoms with van der Waals surface area (Å²) in [5.41, 5.74) is 2.48. The van der Waals surface area contributed by atoms with Gasteiger partial charge >= 0.3 is 0 Å². The van der Waals surface area contributed by atoms with Gasteiger partial charge in [-0.15, -0.1) is 0 Å². The van der Waals surface area contributed by atoms with Crippen LogP contribution in [0.15, 0.2) is 48.7 Å². The van der Waals surface area contributed by atoms with Crippen LogP contribution in [0.25, 0.3) is 12.2 Å². The second kappa shape index (κ2) is 10.2. The van der Waals surface area contributed by atoms with Gasteiger partial charge in [-0.3, -0.25) is 4.79 Å². The first-order valence-electron chi connectivity index (χ1n) is 9.61. The maximum atomic E-state index is 12.5. The summed E-state index contributed by atoms with van der Waals surface area (Å²) in [6.07, 6.45) is 5.07. The van der Waals surface area contributed by atoms with Crippen LogP contribution in [0.2, 0.25) is 0 Å². The van der Waals surface area contributed by atoms with Crippen LogP contribution in [0.3, 0.4) is 0 Å². The molecule has 166 valence electrons. The van der Waals surface area contributed by atoms with Crippen molar-refractivity contribution >= 4 is 23.7 Å². The van der Waals surface area contributed by atoms with Crippen LogP contribution < -0.4 is 24.3 Å². The molecular formula is C24H24N2O6. The molecular weight excluding hydrogens is 412 g/mol. The van der Waals surface area contributed by atoms with Crippen molar-refractivity contribution in [3.8, 4) is 28.9 Å². The second-order valence-electron chi connectivity index (χ2n) is 6.61. The number of nitrogens with one attached hydrogen (secondary N) is 1. The van der Waals surface area contributed by atoms with Crippen LogP contribution in [0, 0.1) is 0 Å². The van der Waals surface area contributed by atoms with E-state index in [0.29, 0.717) is 34.2 Å². The Bertz CT molecular complexity index is 1100. The van der Waals surface area contributed by atoms with Gasteiger partial charge in [0.2, 0.25) is 11.6 Å². The van der Waals surface area contributed by atoms with Crippen molar-refractivity contribution in [3.63, 3.8) is 0 Å². The normalized spacial score (nSPS) is 10.6. The van der Waals surface area contributed by atoms with Crippen LogP contribution in [0.5, 0.6) is 28.9 Å². The smallest absolute Gasteiger partial charge is 0.257 e. The molecule has 0 bridgehead atoms. The van der Waals surface area contributed by atoms with Crippen molar-refractivity contribution in [2.45, 2.75) is 0 Å². The zero-order valence-electron chi connectivity index (χ0n) is 18.2. The van der Waals surface area contributed by atoms with E-state index in [0.717, 1.165) is 11.1 Å². The average Bonchev–Trinajstić information content (AvgIpc) is 2.82. The number of carbonyl (C=O) groups excluding carboxylic acids is 1. The fourth-order valence-electron chi connectivity index (χ4n) is 3.03. The molecule has 0 spiro atoms. The second-order valence-corrected chi connectivity index (χ2v) is 6.61. The highest BCUT2D eigenvalue weighted by atomic mass is 16.5. The van der Waals surface area contributed by atoms with E-state index in [-0.39, 0.29) is 11.8 Å². The number of amides is 1. The minimum Gasteiger partial charge on any atom is -0.495 e. The first-order valence-corrected chi connectivity index (χ1v) is 9.61. The lowest BCUT2D eigenvalue weighted by atomic mass is 10.1. The van der Waals surface area contributed by atoms with Gasteiger partial charge in [-0.05, 0) is 41.5 Å². The molecule has 0 radical (unpaired) electrons. The Morgan fingerprint density at radius 3 is 2.06 bits per heavy atom. The highest BCUT2D eigenvalue weighted by Crippen LogP contribution is 2.38. The van der Waals surface area contributed by atoms with E-state index < -0.39 is 0 Å². The number of ether oxygens (including phenoxy) is 4. The van der Waals surface area contributed by atoms with Gasteiger partial charge in [0.05, 0.1) is 39.7 Å². The molecule has 0 fully saturated rings. The number of pyridine rings is 1. The largest absolute Gasteiger partial charge is 0.495 e. The van der Waals surface area contributed by atoms with E-state index in [1.54, 1.807) is 33.5 Å². The maximum absolute atomic E-state index is 12.5. The molecule has 0 saturated carbocycles. The number of hydrogen-bond acceptors (Lipinski definition) is 7. The minimum atomic E-state index is -0.374. The molecule has 0 aliphatic rings. The molecule has 0 aliphatic carbocycles. The van der Waals surface area contributed by atoms with E-state index >= 15 is 0 Å². The quantitative estimate of drug-likeness (QED) is 0.510. The molecule has 8 heteroatoms. The Morgan fingerprint density at radius 1 is 0.844 bits per heavy atom. The zero-order chi connectivity index (χ0) is 23.1. The van der Waals surface area contributed by atoms with E-state index in [1.807, 2.05) is 30.4 Å². The van der Waals surface area contributed by atoms with Crippen molar-refractivity contribution in [1.82, 2.24) is 4.98 Å². The van der Waals surface area contributed by atoms with Gasteiger partial charge in [0, 0.05) is 12.3 Å². The van der Waals surface area contributed by atoms with Gasteiger partial charge in [0.1, 0.15) is 5.75 Å². The molecule has 1 amide bonds. The summed E-state index contributed by atoms with van der Waals surface area (Å²) >= 11 is 0. The van der Waals surface area contributed by atoms with Crippen molar-refractivity contribution in [2.75, 3.05) is 33.8 Å². The molecule has 0 saturated heterocycles. The lowest BCUT2D eigenvalue weighted by Crippen LogP contribution is -2.13. The van der Waals surface area contributed by atoms with Gasteiger partial charge in [0.15, 0.2) is 11.5 Å². The van der Waals surface area contributed by atoms with E-state index in [4.69, 9.17) is 18.9 Å². The van der Waals surface area contributed by atoms with Crippen LogP contribution in [-0.4, -0.2) is 44.4 Å². The number of hydrogen-bond donors (Lipinski definition) is 2. The van der Waals surface area contributed by atoms with Gasteiger partial charge < -0.3 is 29.4 Å². The third-order valence-electron chi connectivity index (χ3n) is 4.64. The predicted octanol–water partition coefficient (Wildman–Crippen LogP) is 4.24. The Kier molecular flexibility index (Phi) is 7.17. The van der Waals surface area contributed by atoms with E-state index in [9.17, 15) is 9.90 Å². The zero-order valence-corrected chi connectivity index (χ0v) is 18.2. The van der Waals surface area contributed by atoms with Gasteiger partial charge in [-0.2, -0.15) is 0 Å². The molecule has 1 heterocycles. The Morgan fingerprint density at radius 2 is 1.50 bits per heavy atom. The number of methoxy groups -OCH3 is 4. The van der Waals surface area contributed by atoms with Crippen LogP contribution >= 0.6 is 0 Å². The topological polar surface area (TPSA) is 99.1 Å². The van der Waals surface area contributed by atoms with Gasteiger partial charge in [0.25, 0.3) is 5.91 Å². The highest BCUT2D eigenvalue weighted by Gasteiger charge is 2.13. The lowest BCUT2D eigenvalue weighted by Gasteiger charge is -2.13. The third kappa shape index (κ3) is 5.10. The summed E-state index contributed by atoms with van der Waals surface area (Å²) in [4.78, 5) is 16.3. The molecule has 1 aromatic heterocycles. The number of anilines is 1. The third-order valence-corrected chi connectivity index (χ3v) is 4.64. The van der Waals surface area contributed by atoms with Gasteiger partial charge in [-0.25, -0.2) is 4.98 Å². The van der Waals surface area contributed by atoms with Crippen LogP contribution in [-0.2, 0) is 0 Å². The van der Waals surface area contributed by atoms with Crippen molar-refractivity contribution < 1.29 is 28.8 Å². The number of carbonyl (C=O) groups is 1.